The molecule has 0 aromatic heterocycles. The fraction of sp³-hybridized carbons (Fsp3) is 0.588. The average molecular weight is 274 g/mol. The second-order valence-electron chi connectivity index (χ2n) is 5.49. The van der Waals surface area contributed by atoms with E-state index in [0.717, 1.165) is 45.6 Å². The van der Waals surface area contributed by atoms with Crippen LogP contribution < -0.4 is 0 Å². The monoisotopic (exact) mass is 274 g/mol. The highest BCUT2D eigenvalue weighted by Crippen LogP contribution is 2.10. The first-order valence-electron chi connectivity index (χ1n) is 7.81. The Bertz CT molecular complexity index is 419. The lowest BCUT2D eigenvalue weighted by atomic mass is 10.1. The van der Waals surface area contributed by atoms with E-state index in [4.69, 9.17) is 0 Å². The molecule has 0 unspecified atom stereocenters. The molecule has 1 aliphatic rings. The van der Waals surface area contributed by atoms with E-state index >= 15 is 0 Å². The van der Waals surface area contributed by atoms with Gasteiger partial charge in [0.1, 0.15) is 0 Å². The number of benzene rings is 1. The van der Waals surface area contributed by atoms with Crippen molar-refractivity contribution in [2.24, 2.45) is 0 Å². The molecule has 0 saturated carbocycles. The van der Waals surface area contributed by atoms with Crippen LogP contribution in [0.1, 0.15) is 31.4 Å². The smallest absolute Gasteiger partial charge is 0.222 e. The third-order valence-corrected chi connectivity index (χ3v) is 4.23. The first-order valence-corrected chi connectivity index (χ1v) is 7.81. The van der Waals surface area contributed by atoms with Crippen molar-refractivity contribution in [3.8, 4) is 0 Å². The third-order valence-electron chi connectivity index (χ3n) is 4.23. The molecule has 0 radical (unpaired) electrons. The van der Waals surface area contributed by atoms with Gasteiger partial charge in [-0.15, -0.1) is 0 Å². The zero-order chi connectivity index (χ0) is 14.4. The number of carbonyl (C=O) groups is 1. The van der Waals surface area contributed by atoms with Crippen LogP contribution in [0.3, 0.4) is 0 Å². The maximum absolute atomic E-state index is 12.2. The van der Waals surface area contributed by atoms with Crippen molar-refractivity contribution in [2.45, 2.75) is 33.1 Å². The lowest BCUT2D eigenvalue weighted by molar-refractivity contribution is -0.132. The second kappa shape index (κ2) is 7.44. The predicted molar refractivity (Wildman–Crippen MR) is 82.8 cm³/mol. The normalized spacial score (nSPS) is 16.4. The van der Waals surface area contributed by atoms with Crippen LogP contribution in [0.2, 0.25) is 0 Å². The highest BCUT2D eigenvalue weighted by Gasteiger charge is 2.19. The number of aryl methyl sites for hydroxylation is 2. The Morgan fingerprint density at radius 2 is 1.60 bits per heavy atom. The van der Waals surface area contributed by atoms with E-state index in [1.165, 1.54) is 11.1 Å². The summed E-state index contributed by atoms with van der Waals surface area (Å²) in [6.07, 6.45) is 2.56. The summed E-state index contributed by atoms with van der Waals surface area (Å²) in [5.74, 6) is 0.306. The van der Waals surface area contributed by atoms with E-state index in [1.807, 2.05) is 4.90 Å². The lowest BCUT2D eigenvalue weighted by Crippen LogP contribution is -2.48. The fourth-order valence-corrected chi connectivity index (χ4v) is 2.66. The molecule has 1 aromatic rings. The number of nitrogens with zero attached hydrogens (tertiary/aromatic N) is 2. The summed E-state index contributed by atoms with van der Waals surface area (Å²) in [6, 6.07) is 8.64. The second-order valence-corrected chi connectivity index (χ2v) is 5.49. The summed E-state index contributed by atoms with van der Waals surface area (Å²) in [5, 5.41) is 0. The highest BCUT2D eigenvalue weighted by molar-refractivity contribution is 5.76. The topological polar surface area (TPSA) is 23.6 Å². The minimum Gasteiger partial charge on any atom is -0.340 e. The molecule has 0 atom stereocenters. The maximum atomic E-state index is 12.2. The molecule has 0 N–H and O–H groups in total. The van der Waals surface area contributed by atoms with E-state index < -0.39 is 0 Å². The number of carbonyl (C=O) groups excluding carboxylic acids is 1. The summed E-state index contributed by atoms with van der Waals surface area (Å²) in [5.41, 5.74) is 2.62. The van der Waals surface area contributed by atoms with Crippen molar-refractivity contribution in [1.29, 1.82) is 0 Å². The van der Waals surface area contributed by atoms with Crippen LogP contribution in [0.4, 0.5) is 0 Å². The lowest BCUT2D eigenvalue weighted by Gasteiger charge is -2.34. The van der Waals surface area contributed by atoms with Crippen LogP contribution in [0.25, 0.3) is 0 Å². The van der Waals surface area contributed by atoms with Crippen LogP contribution >= 0.6 is 0 Å². The van der Waals surface area contributed by atoms with Gasteiger partial charge in [-0.2, -0.15) is 0 Å². The van der Waals surface area contributed by atoms with Crippen LogP contribution in [-0.2, 0) is 17.6 Å². The molecular weight excluding hydrogens is 248 g/mol. The van der Waals surface area contributed by atoms with E-state index in [2.05, 4.69) is 43.0 Å². The molecule has 1 amide bonds. The largest absolute Gasteiger partial charge is 0.340 e. The van der Waals surface area contributed by atoms with Crippen molar-refractivity contribution >= 4 is 5.91 Å². The molecule has 110 valence electrons. The van der Waals surface area contributed by atoms with Gasteiger partial charge in [0.05, 0.1) is 0 Å². The van der Waals surface area contributed by atoms with Gasteiger partial charge in [-0.1, -0.05) is 38.1 Å². The summed E-state index contributed by atoms with van der Waals surface area (Å²) in [4.78, 5) is 16.6. The van der Waals surface area contributed by atoms with E-state index in [9.17, 15) is 4.79 Å². The Hall–Kier alpha value is -1.35. The SMILES string of the molecule is CCc1ccc(CCC(=O)N2CCN(CC)CC2)cc1. The minimum absolute atomic E-state index is 0.306. The van der Waals surface area contributed by atoms with Crippen molar-refractivity contribution < 1.29 is 4.79 Å². The van der Waals surface area contributed by atoms with Gasteiger partial charge in [0.15, 0.2) is 0 Å². The number of amides is 1. The van der Waals surface area contributed by atoms with Gasteiger partial charge in [0.25, 0.3) is 0 Å². The van der Waals surface area contributed by atoms with Gasteiger partial charge in [-0.3, -0.25) is 4.79 Å². The quantitative estimate of drug-likeness (QED) is 0.823. The first-order chi connectivity index (χ1) is 9.72. The molecule has 1 heterocycles. The molecule has 3 nitrogen and oxygen atoms in total. The van der Waals surface area contributed by atoms with Crippen molar-refractivity contribution in [2.75, 3.05) is 32.7 Å². The standard InChI is InChI=1S/C17H26N2O/c1-3-15-5-7-16(8-6-15)9-10-17(20)19-13-11-18(4-2)12-14-19/h5-8H,3-4,9-14H2,1-2H3. The molecule has 1 fully saturated rings. The molecule has 0 bridgehead atoms. The van der Waals surface area contributed by atoms with Crippen molar-refractivity contribution in [3.05, 3.63) is 35.4 Å². The molecule has 3 heteroatoms. The number of piperazine rings is 1. The number of likely N-dealkylation sites (N-methyl/N-ethyl adjacent to an activating group) is 1. The first kappa shape index (κ1) is 15.0. The van der Waals surface area contributed by atoms with Crippen molar-refractivity contribution in [3.63, 3.8) is 0 Å². The van der Waals surface area contributed by atoms with E-state index in [1.54, 1.807) is 0 Å². The van der Waals surface area contributed by atoms with Gasteiger partial charge in [-0.05, 0) is 30.5 Å². The minimum atomic E-state index is 0.306. The van der Waals surface area contributed by atoms with Gasteiger partial charge in [0.2, 0.25) is 5.91 Å². The van der Waals surface area contributed by atoms with Crippen LogP contribution in [0.5, 0.6) is 0 Å². The molecule has 0 aliphatic carbocycles. The van der Waals surface area contributed by atoms with Gasteiger partial charge >= 0.3 is 0 Å². The summed E-state index contributed by atoms with van der Waals surface area (Å²) >= 11 is 0. The van der Waals surface area contributed by atoms with Crippen molar-refractivity contribution in [1.82, 2.24) is 9.80 Å². The molecule has 1 aliphatic heterocycles. The Morgan fingerprint density at radius 3 is 2.15 bits per heavy atom. The Labute approximate surface area is 122 Å². The molecule has 1 saturated heterocycles. The molecule has 1 aromatic carbocycles. The third kappa shape index (κ3) is 4.07. The summed E-state index contributed by atoms with van der Waals surface area (Å²) < 4.78 is 0. The van der Waals surface area contributed by atoms with E-state index in [-0.39, 0.29) is 0 Å². The number of hydrogen-bond acceptors (Lipinski definition) is 2. The summed E-state index contributed by atoms with van der Waals surface area (Å²) in [7, 11) is 0. The Balaban J connectivity index is 1.77. The zero-order valence-corrected chi connectivity index (χ0v) is 12.8. The predicted octanol–water partition coefficient (Wildman–Crippen LogP) is 2.35. The zero-order valence-electron chi connectivity index (χ0n) is 12.8. The molecule has 0 spiro atoms. The van der Waals surface area contributed by atoms with Crippen LogP contribution in [0, 0.1) is 0 Å². The Kier molecular flexibility index (Phi) is 5.60. The number of hydrogen-bond donors (Lipinski definition) is 0. The van der Waals surface area contributed by atoms with Crippen LogP contribution in [0.15, 0.2) is 24.3 Å². The van der Waals surface area contributed by atoms with Gasteiger partial charge in [-0.25, -0.2) is 0 Å². The number of rotatable bonds is 5. The average Bonchev–Trinajstić information content (AvgIpc) is 2.53. The van der Waals surface area contributed by atoms with Gasteiger partial charge < -0.3 is 9.80 Å². The Morgan fingerprint density at radius 1 is 1.00 bits per heavy atom. The highest BCUT2D eigenvalue weighted by atomic mass is 16.2. The summed E-state index contributed by atoms with van der Waals surface area (Å²) in [6.45, 7) is 9.25. The van der Waals surface area contributed by atoms with Gasteiger partial charge in [0, 0.05) is 32.6 Å². The molecule has 2 rings (SSSR count). The fourth-order valence-electron chi connectivity index (χ4n) is 2.66. The van der Waals surface area contributed by atoms with Crippen LogP contribution in [-0.4, -0.2) is 48.4 Å². The van der Waals surface area contributed by atoms with E-state index in [0.29, 0.717) is 12.3 Å². The maximum Gasteiger partial charge on any atom is 0.222 e. The molecular formula is C17H26N2O. The molecule has 20 heavy (non-hydrogen) atoms.